The van der Waals surface area contributed by atoms with E-state index in [0.717, 1.165) is 43.6 Å². The molecular formula is C22H27N3O2. The number of imidazole rings is 1. The quantitative estimate of drug-likeness (QED) is 0.553. The average molecular weight is 365 g/mol. The largest absolute Gasteiger partial charge is 0.484 e. The molecule has 2 aromatic carbocycles. The summed E-state index contributed by atoms with van der Waals surface area (Å²) in [6.07, 6.45) is 4.00. The summed E-state index contributed by atoms with van der Waals surface area (Å²) in [6, 6.07) is 17.6. The molecule has 0 unspecified atom stereocenters. The van der Waals surface area contributed by atoms with E-state index in [9.17, 15) is 4.79 Å². The number of carbonyl (C=O) groups is 1. The predicted molar refractivity (Wildman–Crippen MR) is 108 cm³/mol. The maximum Gasteiger partial charge on any atom is 0.257 e. The number of aryl methyl sites for hydroxylation is 2. The smallest absolute Gasteiger partial charge is 0.257 e. The number of para-hydroxylation sites is 3. The van der Waals surface area contributed by atoms with Crippen molar-refractivity contribution >= 4 is 16.9 Å². The van der Waals surface area contributed by atoms with Gasteiger partial charge in [-0.2, -0.15) is 0 Å². The molecule has 1 amide bonds. The van der Waals surface area contributed by atoms with E-state index in [0.29, 0.717) is 12.3 Å². The maximum absolute atomic E-state index is 11.9. The normalized spacial score (nSPS) is 10.9. The summed E-state index contributed by atoms with van der Waals surface area (Å²) in [5.41, 5.74) is 2.24. The fraction of sp³-hybridized carbons (Fsp3) is 0.364. The minimum Gasteiger partial charge on any atom is -0.484 e. The molecule has 3 rings (SSSR count). The van der Waals surface area contributed by atoms with Crippen LogP contribution in [0.25, 0.3) is 11.0 Å². The Labute approximate surface area is 160 Å². The SMILES string of the molecule is CCCCn1c(CCCNC(=O)COc2ccccc2)nc2ccccc21. The second-order valence-electron chi connectivity index (χ2n) is 6.58. The summed E-state index contributed by atoms with van der Waals surface area (Å²) in [7, 11) is 0. The first kappa shape index (κ1) is 19.0. The van der Waals surface area contributed by atoms with Crippen LogP contribution in [0, 0.1) is 0 Å². The minimum atomic E-state index is -0.0988. The second-order valence-corrected chi connectivity index (χ2v) is 6.58. The number of ether oxygens (including phenoxy) is 1. The zero-order valence-corrected chi connectivity index (χ0v) is 15.9. The van der Waals surface area contributed by atoms with E-state index in [2.05, 4.69) is 35.0 Å². The highest BCUT2D eigenvalue weighted by Crippen LogP contribution is 2.18. The van der Waals surface area contributed by atoms with E-state index in [4.69, 9.17) is 9.72 Å². The van der Waals surface area contributed by atoms with Gasteiger partial charge in [0.05, 0.1) is 11.0 Å². The highest BCUT2D eigenvalue weighted by molar-refractivity contribution is 5.77. The second kappa shape index (κ2) is 9.76. The number of nitrogens with one attached hydrogen (secondary N) is 1. The third-order valence-electron chi connectivity index (χ3n) is 4.48. The molecule has 27 heavy (non-hydrogen) atoms. The van der Waals surface area contributed by atoms with Gasteiger partial charge in [0.25, 0.3) is 5.91 Å². The van der Waals surface area contributed by atoms with Gasteiger partial charge in [-0.25, -0.2) is 4.98 Å². The number of hydrogen-bond acceptors (Lipinski definition) is 3. The van der Waals surface area contributed by atoms with Gasteiger partial charge in [0.2, 0.25) is 0 Å². The third-order valence-corrected chi connectivity index (χ3v) is 4.48. The third kappa shape index (κ3) is 5.33. The first-order chi connectivity index (χ1) is 13.3. The molecular weight excluding hydrogens is 338 g/mol. The van der Waals surface area contributed by atoms with Crippen LogP contribution in [0.5, 0.6) is 5.75 Å². The molecule has 0 saturated carbocycles. The van der Waals surface area contributed by atoms with Crippen LogP contribution < -0.4 is 10.1 Å². The van der Waals surface area contributed by atoms with Gasteiger partial charge in [0.1, 0.15) is 11.6 Å². The Morgan fingerprint density at radius 3 is 2.67 bits per heavy atom. The molecule has 0 aliphatic carbocycles. The number of rotatable bonds is 10. The van der Waals surface area contributed by atoms with E-state index in [1.54, 1.807) is 0 Å². The number of fused-ring (bicyclic) bond motifs is 1. The maximum atomic E-state index is 11.9. The van der Waals surface area contributed by atoms with E-state index < -0.39 is 0 Å². The van der Waals surface area contributed by atoms with E-state index in [1.807, 2.05) is 36.4 Å². The van der Waals surface area contributed by atoms with E-state index in [-0.39, 0.29) is 12.5 Å². The Kier molecular flexibility index (Phi) is 6.85. The van der Waals surface area contributed by atoms with Gasteiger partial charge in [-0.15, -0.1) is 0 Å². The van der Waals surface area contributed by atoms with Crippen LogP contribution in [0.1, 0.15) is 32.0 Å². The topological polar surface area (TPSA) is 56.2 Å². The summed E-state index contributed by atoms with van der Waals surface area (Å²) in [5, 5.41) is 2.92. The van der Waals surface area contributed by atoms with Gasteiger partial charge in [-0.1, -0.05) is 43.7 Å². The Hall–Kier alpha value is -2.82. The summed E-state index contributed by atoms with van der Waals surface area (Å²) in [5.74, 6) is 1.70. The van der Waals surface area contributed by atoms with Crippen molar-refractivity contribution in [3.63, 3.8) is 0 Å². The number of unbranched alkanes of at least 4 members (excludes halogenated alkanes) is 1. The van der Waals surface area contributed by atoms with Crippen LogP contribution in [-0.4, -0.2) is 28.6 Å². The number of benzene rings is 2. The van der Waals surface area contributed by atoms with Crippen LogP contribution in [0.15, 0.2) is 54.6 Å². The number of hydrogen-bond donors (Lipinski definition) is 1. The van der Waals surface area contributed by atoms with Gasteiger partial charge >= 0.3 is 0 Å². The zero-order valence-electron chi connectivity index (χ0n) is 15.9. The monoisotopic (exact) mass is 365 g/mol. The van der Waals surface area contributed by atoms with Crippen molar-refractivity contribution in [3.8, 4) is 5.75 Å². The van der Waals surface area contributed by atoms with Gasteiger partial charge in [-0.05, 0) is 37.1 Å². The molecule has 0 bridgehead atoms. The van der Waals surface area contributed by atoms with Crippen molar-refractivity contribution in [2.75, 3.05) is 13.2 Å². The number of carbonyl (C=O) groups excluding carboxylic acids is 1. The van der Waals surface area contributed by atoms with Crippen molar-refractivity contribution in [2.24, 2.45) is 0 Å². The Bertz CT molecular complexity index is 858. The van der Waals surface area contributed by atoms with Gasteiger partial charge < -0.3 is 14.6 Å². The number of aromatic nitrogens is 2. The molecule has 0 aliphatic heterocycles. The van der Waals surface area contributed by atoms with Gasteiger partial charge in [-0.3, -0.25) is 4.79 Å². The lowest BCUT2D eigenvalue weighted by molar-refractivity contribution is -0.123. The van der Waals surface area contributed by atoms with Crippen molar-refractivity contribution in [1.82, 2.24) is 14.9 Å². The summed E-state index contributed by atoms with van der Waals surface area (Å²) in [6.45, 7) is 3.85. The molecule has 1 aromatic heterocycles. The summed E-state index contributed by atoms with van der Waals surface area (Å²) in [4.78, 5) is 16.7. The lowest BCUT2D eigenvalue weighted by Crippen LogP contribution is -2.30. The van der Waals surface area contributed by atoms with Crippen molar-refractivity contribution < 1.29 is 9.53 Å². The molecule has 3 aromatic rings. The number of amides is 1. The molecule has 1 heterocycles. The van der Waals surface area contributed by atoms with E-state index in [1.165, 1.54) is 5.52 Å². The highest BCUT2D eigenvalue weighted by Gasteiger charge is 2.10. The molecule has 5 heteroatoms. The van der Waals surface area contributed by atoms with Gasteiger partial charge in [0, 0.05) is 19.5 Å². The number of nitrogens with zero attached hydrogens (tertiary/aromatic N) is 2. The zero-order chi connectivity index (χ0) is 18.9. The van der Waals surface area contributed by atoms with Crippen molar-refractivity contribution in [3.05, 3.63) is 60.4 Å². The molecule has 142 valence electrons. The van der Waals surface area contributed by atoms with Crippen LogP contribution in [0.4, 0.5) is 0 Å². The van der Waals surface area contributed by atoms with Gasteiger partial charge in [0.15, 0.2) is 6.61 Å². The Morgan fingerprint density at radius 2 is 1.85 bits per heavy atom. The van der Waals surface area contributed by atoms with Crippen molar-refractivity contribution in [1.29, 1.82) is 0 Å². The summed E-state index contributed by atoms with van der Waals surface area (Å²) < 4.78 is 7.78. The highest BCUT2D eigenvalue weighted by atomic mass is 16.5. The first-order valence-corrected chi connectivity index (χ1v) is 9.66. The molecule has 1 N–H and O–H groups in total. The van der Waals surface area contributed by atoms with Crippen LogP contribution >= 0.6 is 0 Å². The van der Waals surface area contributed by atoms with Crippen LogP contribution in [0.3, 0.4) is 0 Å². The molecule has 5 nitrogen and oxygen atoms in total. The minimum absolute atomic E-state index is 0.0407. The summed E-state index contributed by atoms with van der Waals surface area (Å²) >= 11 is 0. The fourth-order valence-electron chi connectivity index (χ4n) is 3.07. The standard InChI is InChI=1S/C22H27N3O2/c1-2-3-16-25-20-13-8-7-12-19(20)24-21(25)14-9-15-23-22(26)17-27-18-10-5-4-6-11-18/h4-8,10-13H,2-3,9,14-17H2,1H3,(H,23,26). The van der Waals surface area contributed by atoms with Crippen LogP contribution in [0.2, 0.25) is 0 Å². The molecule has 0 aliphatic rings. The average Bonchev–Trinajstić information content (AvgIpc) is 3.06. The van der Waals surface area contributed by atoms with Crippen LogP contribution in [-0.2, 0) is 17.8 Å². The van der Waals surface area contributed by atoms with E-state index >= 15 is 0 Å². The molecule has 0 fully saturated rings. The fourth-order valence-corrected chi connectivity index (χ4v) is 3.07. The molecule has 0 spiro atoms. The predicted octanol–water partition coefficient (Wildman–Crippen LogP) is 3.96. The molecule has 0 atom stereocenters. The Balaban J connectivity index is 1.47. The lowest BCUT2D eigenvalue weighted by Gasteiger charge is -2.09. The molecule has 0 radical (unpaired) electrons. The Morgan fingerprint density at radius 1 is 1.07 bits per heavy atom. The lowest BCUT2D eigenvalue weighted by atomic mass is 10.2. The molecule has 0 saturated heterocycles. The first-order valence-electron chi connectivity index (χ1n) is 9.66. The van der Waals surface area contributed by atoms with Crippen molar-refractivity contribution in [2.45, 2.75) is 39.2 Å².